The summed E-state index contributed by atoms with van der Waals surface area (Å²) in [6.07, 6.45) is 2.61. The Kier molecular flexibility index (Phi) is 2.65. The normalized spacial score (nSPS) is 11.0. The van der Waals surface area contributed by atoms with E-state index in [4.69, 9.17) is 16.3 Å². The number of nitrogens with zero attached hydrogens (tertiary/aromatic N) is 3. The van der Waals surface area contributed by atoms with Crippen molar-refractivity contribution in [3.05, 3.63) is 29.2 Å². The Labute approximate surface area is 86.5 Å². The number of aromatic nitrogens is 3. The third-order valence-electron chi connectivity index (χ3n) is 1.97. The second-order valence-electron chi connectivity index (χ2n) is 2.93. The molecule has 2 heterocycles. The molecule has 0 spiro atoms. The van der Waals surface area contributed by atoms with Crippen LogP contribution in [0.1, 0.15) is 5.82 Å². The Morgan fingerprint density at radius 1 is 1.50 bits per heavy atom. The lowest BCUT2D eigenvalue weighted by atomic mass is 10.4. The van der Waals surface area contributed by atoms with Gasteiger partial charge in [0.05, 0.1) is 6.61 Å². The molecule has 0 aliphatic carbocycles. The van der Waals surface area contributed by atoms with Crippen molar-refractivity contribution in [3.63, 3.8) is 0 Å². The van der Waals surface area contributed by atoms with Crippen molar-refractivity contribution in [1.29, 1.82) is 0 Å². The maximum Gasteiger partial charge on any atom is 0.162 e. The number of pyridine rings is 1. The highest BCUT2D eigenvalue weighted by Crippen LogP contribution is 2.11. The number of hydrogen-bond acceptors (Lipinski definition) is 3. The van der Waals surface area contributed by atoms with Gasteiger partial charge in [0.15, 0.2) is 5.65 Å². The summed E-state index contributed by atoms with van der Waals surface area (Å²) in [5.41, 5.74) is 0.767. The molecule has 0 unspecified atom stereocenters. The third-order valence-corrected chi connectivity index (χ3v) is 2.21. The fraction of sp³-hybridized carbons (Fsp3) is 0.333. The van der Waals surface area contributed by atoms with Crippen LogP contribution in [0.25, 0.3) is 5.65 Å². The Bertz CT molecular complexity index is 441. The predicted octanol–water partition coefficient (Wildman–Crippen LogP) is 1.57. The lowest BCUT2D eigenvalue weighted by Crippen LogP contribution is -1.99. The Morgan fingerprint density at radius 3 is 3.14 bits per heavy atom. The van der Waals surface area contributed by atoms with Crippen LogP contribution >= 0.6 is 11.6 Å². The number of halogens is 1. The summed E-state index contributed by atoms with van der Waals surface area (Å²) in [6, 6.07) is 3.60. The highest BCUT2D eigenvalue weighted by atomic mass is 35.5. The van der Waals surface area contributed by atoms with Crippen LogP contribution in [0.15, 0.2) is 18.3 Å². The lowest BCUT2D eigenvalue weighted by Gasteiger charge is -1.98. The topological polar surface area (TPSA) is 39.4 Å². The summed E-state index contributed by atoms with van der Waals surface area (Å²) in [5.74, 6) is 0.888. The van der Waals surface area contributed by atoms with E-state index in [9.17, 15) is 0 Å². The van der Waals surface area contributed by atoms with Gasteiger partial charge < -0.3 is 4.74 Å². The first kappa shape index (κ1) is 9.43. The minimum atomic E-state index is 0.642. The summed E-state index contributed by atoms with van der Waals surface area (Å²) in [7, 11) is 1.67. The van der Waals surface area contributed by atoms with E-state index in [-0.39, 0.29) is 0 Å². The highest BCUT2D eigenvalue weighted by molar-refractivity contribution is 6.30. The van der Waals surface area contributed by atoms with Crippen molar-refractivity contribution >= 4 is 17.2 Å². The minimum Gasteiger partial charge on any atom is -0.384 e. The monoisotopic (exact) mass is 211 g/mol. The van der Waals surface area contributed by atoms with Crippen LogP contribution in [0.3, 0.4) is 0 Å². The van der Waals surface area contributed by atoms with Crippen LogP contribution in [-0.4, -0.2) is 28.3 Å². The Hall–Kier alpha value is -1.13. The molecular weight excluding hydrogens is 202 g/mol. The van der Waals surface area contributed by atoms with Gasteiger partial charge in [-0.1, -0.05) is 11.6 Å². The fourth-order valence-electron chi connectivity index (χ4n) is 1.28. The summed E-state index contributed by atoms with van der Waals surface area (Å²) in [6.45, 7) is 0.642. The molecule has 0 fully saturated rings. The van der Waals surface area contributed by atoms with E-state index >= 15 is 0 Å². The van der Waals surface area contributed by atoms with E-state index in [1.165, 1.54) is 0 Å². The zero-order chi connectivity index (χ0) is 9.97. The number of fused-ring (bicyclic) bond motifs is 1. The zero-order valence-corrected chi connectivity index (χ0v) is 8.53. The average Bonchev–Trinajstić information content (AvgIpc) is 2.57. The molecule has 5 heteroatoms. The molecule has 0 aliphatic heterocycles. The molecule has 0 saturated heterocycles. The van der Waals surface area contributed by atoms with Crippen LogP contribution in [0.4, 0.5) is 0 Å². The van der Waals surface area contributed by atoms with Gasteiger partial charge in [0.25, 0.3) is 0 Å². The maximum atomic E-state index is 5.83. The Morgan fingerprint density at radius 2 is 2.36 bits per heavy atom. The molecule has 0 saturated carbocycles. The van der Waals surface area contributed by atoms with Gasteiger partial charge in [0.1, 0.15) is 5.82 Å². The first-order valence-electron chi connectivity index (χ1n) is 4.29. The van der Waals surface area contributed by atoms with E-state index in [0.717, 1.165) is 17.9 Å². The Balaban J connectivity index is 2.37. The zero-order valence-electron chi connectivity index (χ0n) is 7.77. The third kappa shape index (κ3) is 1.71. The summed E-state index contributed by atoms with van der Waals surface area (Å²) < 4.78 is 6.89. The molecule has 4 nitrogen and oxygen atoms in total. The van der Waals surface area contributed by atoms with Crippen molar-refractivity contribution in [1.82, 2.24) is 14.6 Å². The van der Waals surface area contributed by atoms with Gasteiger partial charge >= 0.3 is 0 Å². The molecule has 2 rings (SSSR count). The van der Waals surface area contributed by atoms with Crippen molar-refractivity contribution in [3.8, 4) is 0 Å². The van der Waals surface area contributed by atoms with E-state index in [1.54, 1.807) is 13.2 Å². The van der Waals surface area contributed by atoms with Gasteiger partial charge in [0.2, 0.25) is 0 Å². The maximum absolute atomic E-state index is 5.83. The molecule has 0 atom stereocenters. The second kappa shape index (κ2) is 3.94. The van der Waals surface area contributed by atoms with E-state index in [1.807, 2.05) is 16.7 Å². The van der Waals surface area contributed by atoms with Gasteiger partial charge in [-0.25, -0.2) is 0 Å². The number of hydrogen-bond donors (Lipinski definition) is 0. The SMILES string of the molecule is COCCc1nnc2cc(Cl)ccn12. The van der Waals surface area contributed by atoms with E-state index < -0.39 is 0 Å². The lowest BCUT2D eigenvalue weighted by molar-refractivity contribution is 0.200. The summed E-state index contributed by atoms with van der Waals surface area (Å²) >= 11 is 5.83. The standard InChI is InChI=1S/C9H10ClN3O/c1-14-5-3-8-11-12-9-6-7(10)2-4-13(8)9/h2,4,6H,3,5H2,1H3. The van der Waals surface area contributed by atoms with Crippen molar-refractivity contribution < 1.29 is 4.74 Å². The van der Waals surface area contributed by atoms with Crippen LogP contribution < -0.4 is 0 Å². The van der Waals surface area contributed by atoms with Crippen LogP contribution in [0.2, 0.25) is 5.02 Å². The molecule has 0 N–H and O–H groups in total. The van der Waals surface area contributed by atoms with E-state index in [0.29, 0.717) is 11.6 Å². The van der Waals surface area contributed by atoms with Crippen molar-refractivity contribution in [2.24, 2.45) is 0 Å². The van der Waals surface area contributed by atoms with Gasteiger partial charge in [-0.15, -0.1) is 10.2 Å². The molecular formula is C9H10ClN3O. The average molecular weight is 212 g/mol. The molecule has 14 heavy (non-hydrogen) atoms. The number of methoxy groups -OCH3 is 1. The largest absolute Gasteiger partial charge is 0.384 e. The first-order valence-corrected chi connectivity index (χ1v) is 4.67. The molecule has 0 amide bonds. The molecule has 0 aliphatic rings. The second-order valence-corrected chi connectivity index (χ2v) is 3.37. The smallest absolute Gasteiger partial charge is 0.162 e. The number of rotatable bonds is 3. The van der Waals surface area contributed by atoms with Crippen LogP contribution in [0.5, 0.6) is 0 Å². The van der Waals surface area contributed by atoms with Crippen molar-refractivity contribution in [2.75, 3.05) is 13.7 Å². The van der Waals surface area contributed by atoms with Gasteiger partial charge in [-0.05, 0) is 6.07 Å². The predicted molar refractivity (Wildman–Crippen MR) is 53.6 cm³/mol. The summed E-state index contributed by atoms with van der Waals surface area (Å²) in [5, 5.41) is 8.72. The van der Waals surface area contributed by atoms with E-state index in [2.05, 4.69) is 10.2 Å². The van der Waals surface area contributed by atoms with Crippen molar-refractivity contribution in [2.45, 2.75) is 6.42 Å². The van der Waals surface area contributed by atoms with Gasteiger partial charge in [-0.2, -0.15) is 0 Å². The van der Waals surface area contributed by atoms with Crippen LogP contribution in [0, 0.1) is 0 Å². The molecule has 0 bridgehead atoms. The summed E-state index contributed by atoms with van der Waals surface area (Å²) in [4.78, 5) is 0. The first-order chi connectivity index (χ1) is 6.81. The molecule has 2 aromatic heterocycles. The van der Waals surface area contributed by atoms with Crippen LogP contribution in [-0.2, 0) is 11.2 Å². The highest BCUT2D eigenvalue weighted by Gasteiger charge is 2.04. The molecule has 0 aromatic carbocycles. The minimum absolute atomic E-state index is 0.642. The number of ether oxygens (including phenoxy) is 1. The van der Waals surface area contributed by atoms with Gasteiger partial charge in [-0.3, -0.25) is 4.40 Å². The molecule has 2 aromatic rings. The van der Waals surface area contributed by atoms with Gasteiger partial charge in [0, 0.05) is 30.8 Å². The fourth-order valence-corrected chi connectivity index (χ4v) is 1.43. The molecule has 74 valence electrons. The quantitative estimate of drug-likeness (QED) is 0.774. The molecule has 0 radical (unpaired) electrons.